The summed E-state index contributed by atoms with van der Waals surface area (Å²) in [4.78, 5) is 21.8. The molecule has 1 atom stereocenters. The molecule has 0 spiro atoms. The number of hydrogen-bond acceptors (Lipinski definition) is 3. The molecule has 0 aromatic heterocycles. The van der Waals surface area contributed by atoms with E-state index in [4.69, 9.17) is 11.5 Å². The van der Waals surface area contributed by atoms with Crippen LogP contribution in [-0.4, -0.2) is 24.9 Å². The summed E-state index contributed by atoms with van der Waals surface area (Å²) in [5.41, 5.74) is 10.4. The molecule has 1 unspecified atom stereocenters. The van der Waals surface area contributed by atoms with E-state index in [1.807, 2.05) is 0 Å². The van der Waals surface area contributed by atoms with Gasteiger partial charge in [0.05, 0.1) is 0 Å². The average molecular weight is 229 g/mol. The van der Waals surface area contributed by atoms with E-state index in [9.17, 15) is 9.59 Å². The van der Waals surface area contributed by atoms with E-state index in [-0.39, 0.29) is 11.8 Å². The van der Waals surface area contributed by atoms with Crippen molar-refractivity contribution in [2.75, 3.05) is 13.1 Å². The summed E-state index contributed by atoms with van der Waals surface area (Å²) >= 11 is 0. The van der Waals surface area contributed by atoms with Gasteiger partial charge in [0.2, 0.25) is 11.8 Å². The molecule has 0 bridgehead atoms. The molecule has 0 saturated carbocycles. The Kier molecular flexibility index (Phi) is 8.52. The molecule has 0 heterocycles. The highest BCUT2D eigenvalue weighted by atomic mass is 16.2. The molecule has 0 aromatic carbocycles. The van der Waals surface area contributed by atoms with E-state index < -0.39 is 0 Å². The molecule has 0 saturated heterocycles. The van der Waals surface area contributed by atoms with Crippen molar-refractivity contribution >= 4 is 11.8 Å². The SMILES string of the molecule is CC(CCN)CCC(=O)NCCCC(N)=O. The third kappa shape index (κ3) is 9.45. The summed E-state index contributed by atoms with van der Waals surface area (Å²) in [5, 5.41) is 2.76. The first kappa shape index (κ1) is 14.9. The molecule has 0 fully saturated rings. The number of hydrogen-bond donors (Lipinski definition) is 3. The highest BCUT2D eigenvalue weighted by Crippen LogP contribution is 2.08. The van der Waals surface area contributed by atoms with E-state index >= 15 is 0 Å². The Labute approximate surface area is 96.9 Å². The fraction of sp³-hybridized carbons (Fsp3) is 0.818. The molecule has 5 N–H and O–H groups in total. The third-order valence-corrected chi connectivity index (χ3v) is 2.45. The van der Waals surface area contributed by atoms with Crippen molar-refractivity contribution < 1.29 is 9.59 Å². The number of nitrogens with two attached hydrogens (primary N) is 2. The summed E-state index contributed by atoms with van der Waals surface area (Å²) in [6, 6.07) is 0. The summed E-state index contributed by atoms with van der Waals surface area (Å²) in [6.07, 6.45) is 3.27. The Balaban J connectivity index is 3.41. The molecule has 0 aliphatic carbocycles. The number of primary amides is 1. The van der Waals surface area contributed by atoms with Gasteiger partial charge < -0.3 is 16.8 Å². The first-order valence-corrected chi connectivity index (χ1v) is 5.81. The number of carbonyl (C=O) groups is 2. The Bertz CT molecular complexity index is 219. The van der Waals surface area contributed by atoms with Crippen LogP contribution in [-0.2, 0) is 9.59 Å². The second-order valence-corrected chi connectivity index (χ2v) is 4.14. The second kappa shape index (κ2) is 9.15. The molecule has 0 aliphatic rings. The number of rotatable bonds is 9. The van der Waals surface area contributed by atoms with Crippen LogP contribution in [0.4, 0.5) is 0 Å². The summed E-state index contributed by atoms with van der Waals surface area (Å²) in [7, 11) is 0. The third-order valence-electron chi connectivity index (χ3n) is 2.45. The summed E-state index contributed by atoms with van der Waals surface area (Å²) in [5.74, 6) is 0.195. The monoisotopic (exact) mass is 229 g/mol. The number of carbonyl (C=O) groups excluding carboxylic acids is 2. The van der Waals surface area contributed by atoms with Crippen LogP contribution in [0.5, 0.6) is 0 Å². The van der Waals surface area contributed by atoms with Crippen LogP contribution in [0.1, 0.15) is 39.0 Å². The fourth-order valence-corrected chi connectivity index (χ4v) is 1.39. The highest BCUT2D eigenvalue weighted by Gasteiger charge is 2.05. The molecule has 0 aromatic rings. The van der Waals surface area contributed by atoms with Gasteiger partial charge in [0.1, 0.15) is 0 Å². The van der Waals surface area contributed by atoms with Crippen molar-refractivity contribution in [2.45, 2.75) is 39.0 Å². The minimum absolute atomic E-state index is 0.0355. The van der Waals surface area contributed by atoms with Gasteiger partial charge in [-0.05, 0) is 31.7 Å². The number of nitrogens with one attached hydrogen (secondary N) is 1. The van der Waals surface area contributed by atoms with Gasteiger partial charge >= 0.3 is 0 Å². The Morgan fingerprint density at radius 2 is 1.94 bits per heavy atom. The van der Waals surface area contributed by atoms with Crippen molar-refractivity contribution in [1.82, 2.24) is 5.32 Å². The van der Waals surface area contributed by atoms with Crippen LogP contribution in [0.25, 0.3) is 0 Å². The maximum Gasteiger partial charge on any atom is 0.220 e. The average Bonchev–Trinajstić information content (AvgIpc) is 2.22. The van der Waals surface area contributed by atoms with Gasteiger partial charge in [-0.3, -0.25) is 9.59 Å². The van der Waals surface area contributed by atoms with E-state index in [1.165, 1.54) is 0 Å². The Hall–Kier alpha value is -1.10. The molecule has 0 aliphatic heterocycles. The predicted octanol–water partition coefficient (Wildman–Crippen LogP) is 0.133. The lowest BCUT2D eigenvalue weighted by molar-refractivity contribution is -0.122. The molecule has 0 rings (SSSR count). The van der Waals surface area contributed by atoms with Crippen LogP contribution in [0.3, 0.4) is 0 Å². The van der Waals surface area contributed by atoms with Crippen molar-refractivity contribution in [1.29, 1.82) is 0 Å². The smallest absolute Gasteiger partial charge is 0.220 e. The summed E-state index contributed by atoms with van der Waals surface area (Å²) in [6.45, 7) is 3.28. The predicted molar refractivity (Wildman–Crippen MR) is 63.5 cm³/mol. The van der Waals surface area contributed by atoms with E-state index in [0.717, 1.165) is 12.8 Å². The minimum atomic E-state index is -0.328. The normalized spacial score (nSPS) is 12.1. The maximum atomic E-state index is 11.3. The van der Waals surface area contributed by atoms with E-state index in [1.54, 1.807) is 0 Å². The van der Waals surface area contributed by atoms with Gasteiger partial charge in [0.25, 0.3) is 0 Å². The maximum absolute atomic E-state index is 11.3. The van der Waals surface area contributed by atoms with Gasteiger partial charge in [-0.1, -0.05) is 6.92 Å². The second-order valence-electron chi connectivity index (χ2n) is 4.14. The minimum Gasteiger partial charge on any atom is -0.370 e. The lowest BCUT2D eigenvalue weighted by Gasteiger charge is -2.09. The molecule has 94 valence electrons. The molecule has 0 radical (unpaired) electrons. The van der Waals surface area contributed by atoms with Crippen LogP contribution >= 0.6 is 0 Å². The van der Waals surface area contributed by atoms with Crippen molar-refractivity contribution in [3.63, 3.8) is 0 Å². The van der Waals surface area contributed by atoms with Crippen molar-refractivity contribution in [3.8, 4) is 0 Å². The van der Waals surface area contributed by atoms with Crippen LogP contribution in [0, 0.1) is 5.92 Å². The molecule has 16 heavy (non-hydrogen) atoms. The van der Waals surface area contributed by atoms with Gasteiger partial charge in [0.15, 0.2) is 0 Å². The lowest BCUT2D eigenvalue weighted by atomic mass is 10.0. The van der Waals surface area contributed by atoms with Crippen LogP contribution < -0.4 is 16.8 Å². The van der Waals surface area contributed by atoms with Crippen LogP contribution in [0.2, 0.25) is 0 Å². The molecule has 5 heteroatoms. The first-order chi connectivity index (χ1) is 7.56. The van der Waals surface area contributed by atoms with E-state index in [0.29, 0.717) is 38.3 Å². The topological polar surface area (TPSA) is 98.2 Å². The van der Waals surface area contributed by atoms with E-state index in [2.05, 4.69) is 12.2 Å². The molecular formula is C11H23N3O2. The van der Waals surface area contributed by atoms with Crippen molar-refractivity contribution in [2.24, 2.45) is 17.4 Å². The van der Waals surface area contributed by atoms with Gasteiger partial charge in [-0.2, -0.15) is 0 Å². The molecule has 5 nitrogen and oxygen atoms in total. The fourth-order valence-electron chi connectivity index (χ4n) is 1.39. The van der Waals surface area contributed by atoms with Gasteiger partial charge in [0, 0.05) is 19.4 Å². The quantitative estimate of drug-likeness (QED) is 0.490. The lowest BCUT2D eigenvalue weighted by Crippen LogP contribution is -2.25. The Morgan fingerprint density at radius 3 is 2.50 bits per heavy atom. The Morgan fingerprint density at radius 1 is 1.25 bits per heavy atom. The largest absolute Gasteiger partial charge is 0.370 e. The molecular weight excluding hydrogens is 206 g/mol. The zero-order chi connectivity index (χ0) is 12.4. The zero-order valence-electron chi connectivity index (χ0n) is 10.00. The van der Waals surface area contributed by atoms with Gasteiger partial charge in [-0.25, -0.2) is 0 Å². The summed E-state index contributed by atoms with van der Waals surface area (Å²) < 4.78 is 0. The number of amides is 2. The molecule has 2 amide bonds. The standard InChI is InChI=1S/C11H23N3O2/c1-9(6-7-12)4-5-11(16)14-8-2-3-10(13)15/h9H,2-8,12H2,1H3,(H2,13,15)(H,14,16). The van der Waals surface area contributed by atoms with Crippen LogP contribution in [0.15, 0.2) is 0 Å². The van der Waals surface area contributed by atoms with Crippen molar-refractivity contribution in [3.05, 3.63) is 0 Å². The van der Waals surface area contributed by atoms with Gasteiger partial charge in [-0.15, -0.1) is 0 Å². The first-order valence-electron chi connectivity index (χ1n) is 5.81. The zero-order valence-corrected chi connectivity index (χ0v) is 10.00. The highest BCUT2D eigenvalue weighted by molar-refractivity contribution is 5.76.